The van der Waals surface area contributed by atoms with E-state index < -0.39 is 67.2 Å². The third-order valence-electron chi connectivity index (χ3n) is 6.67. The Labute approximate surface area is 276 Å². The van der Waals surface area contributed by atoms with E-state index in [-0.39, 0.29) is 11.6 Å². The summed E-state index contributed by atoms with van der Waals surface area (Å²) < 4.78 is 71.6. The van der Waals surface area contributed by atoms with Gasteiger partial charge in [-0.2, -0.15) is 18.0 Å². The van der Waals surface area contributed by atoms with Crippen molar-refractivity contribution in [1.82, 2.24) is 9.55 Å². The van der Waals surface area contributed by atoms with Crippen molar-refractivity contribution in [1.29, 1.82) is 0 Å². The Hall–Kier alpha value is -1.31. The number of unbranched alkanes of at least 4 members (excludes halogenated alkanes) is 11. The molecule has 2 heterocycles. The highest BCUT2D eigenvalue weighted by Crippen LogP contribution is 2.59. The molecule has 2 unspecified atom stereocenters. The van der Waals surface area contributed by atoms with Crippen molar-refractivity contribution >= 4 is 31.6 Å². The van der Waals surface area contributed by atoms with Crippen LogP contribution in [0.2, 0.25) is 0 Å². The van der Waals surface area contributed by atoms with E-state index in [4.69, 9.17) is 15.0 Å². The van der Waals surface area contributed by atoms with E-state index >= 15 is 0 Å². The van der Waals surface area contributed by atoms with Gasteiger partial charge >= 0.3 is 21.3 Å². The third-order valence-corrected chi connectivity index (χ3v) is 10.3. The number of quaternary nitrogens is 1. The Morgan fingerprint density at radius 3 is 1.98 bits per heavy atom. The van der Waals surface area contributed by atoms with Gasteiger partial charge in [0.1, 0.15) is 24.1 Å². The molecule has 1 fully saturated rings. The topological polar surface area (TPSA) is 270 Å². The van der Waals surface area contributed by atoms with Crippen LogP contribution in [0, 0.1) is 0 Å². The Kier molecular flexibility index (Phi) is 19.0. The van der Waals surface area contributed by atoms with Gasteiger partial charge in [-0.15, -0.1) is 4.62 Å². The van der Waals surface area contributed by atoms with Crippen LogP contribution < -0.4 is 16.3 Å². The molecule has 1 aliphatic rings. The minimum atomic E-state index is -5.23. The smallest absolute Gasteiger partial charge is 0.478 e. The second-order valence-corrected chi connectivity index (χ2v) is 16.5. The molecule has 0 aromatic carbocycles. The summed E-state index contributed by atoms with van der Waals surface area (Å²) in [5, 5.41) is 20.1. The number of anilines is 1. The molecule has 0 aliphatic carbocycles. The zero-order chi connectivity index (χ0) is 35.9. The van der Waals surface area contributed by atoms with Gasteiger partial charge in [0.25, 0.3) is 10.1 Å². The van der Waals surface area contributed by atoms with E-state index in [1.54, 1.807) is 0 Å². The highest BCUT2D eigenvalue weighted by atomic mass is 32.2. The highest BCUT2D eigenvalue weighted by molar-refractivity contribution is 7.85. The minimum absolute atomic E-state index is 0.0734. The van der Waals surface area contributed by atoms with E-state index in [1.807, 2.05) is 0 Å². The molecule has 0 bridgehead atoms. The zero-order valence-corrected chi connectivity index (χ0v) is 30.1. The number of nitrogens with zero attached hydrogens (tertiary/aromatic N) is 3. The lowest BCUT2D eigenvalue weighted by molar-refractivity contribution is -1.04. The van der Waals surface area contributed by atoms with Gasteiger partial charge in [-0.25, -0.2) is 13.7 Å². The van der Waals surface area contributed by atoms with E-state index in [0.717, 1.165) is 17.4 Å². The van der Waals surface area contributed by atoms with Gasteiger partial charge in [-0.05, 0) is 12.5 Å². The number of nitrogens with two attached hydrogens (primary N) is 1. The fourth-order valence-corrected chi connectivity index (χ4v) is 7.30. The number of phosphoric acid groups is 2. The summed E-state index contributed by atoms with van der Waals surface area (Å²) in [5.41, 5.74) is 4.50. The van der Waals surface area contributed by atoms with E-state index in [9.17, 15) is 42.3 Å². The van der Waals surface area contributed by atoms with E-state index in [1.165, 1.54) is 91.2 Å². The summed E-state index contributed by atoms with van der Waals surface area (Å²) in [6.07, 6.45) is 9.60. The first kappa shape index (κ1) is 43.7. The Balaban J connectivity index is 0.000000529. The molecule has 2 rings (SSSR count). The molecule has 276 valence electrons. The number of phosphoric ester groups is 1. The van der Waals surface area contributed by atoms with Crippen LogP contribution in [-0.2, 0) is 37.4 Å². The number of hydroxylamine groups is 3. The summed E-state index contributed by atoms with van der Waals surface area (Å²) in [6, 6.07) is 1.25. The molecule has 18 nitrogen and oxygen atoms in total. The van der Waals surface area contributed by atoms with Crippen LogP contribution in [0.3, 0.4) is 0 Å². The Morgan fingerprint density at radius 2 is 1.51 bits per heavy atom. The van der Waals surface area contributed by atoms with Crippen LogP contribution in [0.4, 0.5) is 5.82 Å². The molecule has 6 atom stereocenters. The molecule has 1 aromatic heterocycles. The zero-order valence-electron chi connectivity index (χ0n) is 27.5. The summed E-state index contributed by atoms with van der Waals surface area (Å²) in [4.78, 5) is 36.6. The van der Waals surface area contributed by atoms with Gasteiger partial charge in [0.05, 0.1) is 33.5 Å². The average Bonchev–Trinajstić information content (AvgIpc) is 3.19. The van der Waals surface area contributed by atoms with Crippen molar-refractivity contribution in [2.75, 3.05) is 39.2 Å². The number of rotatable bonds is 21. The van der Waals surface area contributed by atoms with Crippen LogP contribution in [0.1, 0.15) is 90.2 Å². The van der Waals surface area contributed by atoms with Crippen molar-refractivity contribution in [2.24, 2.45) is 0 Å². The van der Waals surface area contributed by atoms with Gasteiger partial charge in [-0.3, -0.25) is 18.2 Å². The summed E-state index contributed by atoms with van der Waals surface area (Å²) >= 11 is 0. The lowest BCUT2D eigenvalue weighted by atomic mass is 10.1. The first-order valence-corrected chi connectivity index (χ1v) is 20.1. The molecular weight excluding hydrogens is 686 g/mol. The normalized spacial score (nSPS) is 22.7. The SMILES string of the molecule is CCCCCCCCCCCCCCS(=O)(=O)O.C[N+](C)(C)OP(=O)([O-])OP(=O)(O)OC[C@H]1O[C@@H](n2ccc(N)nc2=O)[C@H](O)[C@@H]1O. The fourth-order valence-electron chi connectivity index (χ4n) is 4.47. The van der Waals surface area contributed by atoms with Crippen LogP contribution in [0.15, 0.2) is 17.1 Å². The fraction of sp³-hybridized carbons (Fsp3) is 0.846. The molecule has 1 aliphatic heterocycles. The van der Waals surface area contributed by atoms with Crippen molar-refractivity contribution < 1.29 is 64.9 Å². The standard InChI is InChI=1S/C14H30O3S.C12H22N4O11P2/c1-2-3-4-5-6-7-8-9-10-11-12-13-14-18(15,16)17;1-16(2,3)26-29(22,23)27-28(20,21)24-6-7-9(17)10(18)11(25-7)15-5-4-8(13)14-12(15)19/h2-14H2,1H3,(H,15,16,17);4-5,7,9-11,17-18H,6H2,1-3H3,(H3-,13,14,19,20,21,22,23)/t;7-,9-,10-,11-/m.1/s1. The van der Waals surface area contributed by atoms with Gasteiger partial charge in [0, 0.05) is 6.20 Å². The third kappa shape index (κ3) is 19.5. The first-order chi connectivity index (χ1) is 21.7. The van der Waals surface area contributed by atoms with Gasteiger partial charge in [0.15, 0.2) is 6.23 Å². The van der Waals surface area contributed by atoms with Crippen molar-refractivity contribution in [2.45, 2.75) is 109 Å². The maximum atomic E-state index is 11.9. The quantitative estimate of drug-likeness (QED) is 0.0398. The number of ether oxygens (including phenoxy) is 1. The molecule has 47 heavy (non-hydrogen) atoms. The lowest BCUT2D eigenvalue weighted by Crippen LogP contribution is -2.36. The highest BCUT2D eigenvalue weighted by Gasteiger charge is 2.45. The minimum Gasteiger partial charge on any atom is -0.752 e. The molecule has 0 amide bonds. The van der Waals surface area contributed by atoms with Crippen molar-refractivity contribution in [3.63, 3.8) is 0 Å². The van der Waals surface area contributed by atoms with Crippen molar-refractivity contribution in [3.05, 3.63) is 22.7 Å². The molecule has 21 heteroatoms. The van der Waals surface area contributed by atoms with Crippen LogP contribution in [0.5, 0.6) is 0 Å². The molecule has 1 aromatic rings. The number of aliphatic hydroxyl groups excluding tert-OH is 2. The van der Waals surface area contributed by atoms with E-state index in [0.29, 0.717) is 6.42 Å². The predicted molar refractivity (Wildman–Crippen MR) is 170 cm³/mol. The maximum absolute atomic E-state index is 11.9. The monoisotopic (exact) mass is 738 g/mol. The van der Waals surface area contributed by atoms with Gasteiger partial charge in [0.2, 0.25) is 0 Å². The van der Waals surface area contributed by atoms with E-state index in [2.05, 4.69) is 25.4 Å². The van der Waals surface area contributed by atoms with Crippen LogP contribution in [0.25, 0.3) is 0 Å². The maximum Gasteiger partial charge on any atom is 0.478 e. The second-order valence-electron chi connectivity index (χ2n) is 12.0. The molecular formula is C26H52N4O14P2S. The van der Waals surface area contributed by atoms with Crippen molar-refractivity contribution in [3.8, 4) is 0 Å². The molecule has 0 radical (unpaired) electrons. The summed E-state index contributed by atoms with van der Waals surface area (Å²) in [7, 11) is -10.2. The van der Waals surface area contributed by atoms with Crippen LogP contribution >= 0.6 is 15.6 Å². The number of aromatic nitrogens is 2. The number of aliphatic hydroxyl groups is 2. The lowest BCUT2D eigenvalue weighted by Gasteiger charge is -2.30. The summed E-state index contributed by atoms with van der Waals surface area (Å²) in [6.45, 7) is 1.38. The molecule has 0 saturated carbocycles. The number of nitrogen functional groups attached to an aromatic ring is 1. The molecule has 6 N–H and O–H groups in total. The average molecular weight is 739 g/mol. The molecule has 1 saturated heterocycles. The Morgan fingerprint density at radius 1 is 1.00 bits per heavy atom. The first-order valence-electron chi connectivity index (χ1n) is 15.5. The predicted octanol–water partition coefficient (Wildman–Crippen LogP) is 2.26. The van der Waals surface area contributed by atoms with Gasteiger partial charge < -0.3 is 30.5 Å². The largest absolute Gasteiger partial charge is 0.752 e. The number of hydrogen-bond donors (Lipinski definition) is 5. The second kappa shape index (κ2) is 20.4. The molecule has 0 spiro atoms. The van der Waals surface area contributed by atoms with Gasteiger partial charge in [-0.1, -0.05) is 77.6 Å². The number of hydrogen-bond acceptors (Lipinski definition) is 14. The van der Waals surface area contributed by atoms with Crippen LogP contribution in [-0.4, -0.2) is 94.1 Å². The Bertz CT molecular complexity index is 1330. The summed E-state index contributed by atoms with van der Waals surface area (Å²) in [5.74, 6) is -0.152.